The molecular weight excluding hydrogens is 711 g/mol. The van der Waals surface area contributed by atoms with E-state index < -0.39 is 44.4 Å². The number of anilines is 1. The van der Waals surface area contributed by atoms with E-state index in [9.17, 15) is 32.5 Å². The van der Waals surface area contributed by atoms with Gasteiger partial charge in [-0.25, -0.2) is 18.1 Å². The number of fused-ring (bicyclic) bond motifs is 1. The third kappa shape index (κ3) is 9.41. The molecular formula is C21H26N10Na2O9S4. The quantitative estimate of drug-likeness (QED) is 0.0182. The number of nitrogens with one attached hydrogen (secondary N) is 3. The van der Waals surface area contributed by atoms with Crippen LogP contribution in [0.4, 0.5) is 5.13 Å². The zero-order chi connectivity index (χ0) is 32.1. The Morgan fingerprint density at radius 3 is 2.63 bits per heavy atom. The van der Waals surface area contributed by atoms with E-state index in [4.69, 9.17) is 15.3 Å². The van der Waals surface area contributed by atoms with Crippen LogP contribution in [0.3, 0.4) is 0 Å². The van der Waals surface area contributed by atoms with E-state index in [0.717, 1.165) is 39.8 Å². The summed E-state index contributed by atoms with van der Waals surface area (Å²) >= 11 is 3.34. The maximum Gasteiger partial charge on any atom is 1.00 e. The molecule has 1 saturated heterocycles. The fourth-order valence-corrected chi connectivity index (χ4v) is 8.14. The number of carboxylic acids is 1. The van der Waals surface area contributed by atoms with E-state index in [-0.39, 0.29) is 98.8 Å². The number of amides is 2. The molecule has 4 rings (SSSR count). The molecule has 46 heavy (non-hydrogen) atoms. The Kier molecular flexibility index (Phi) is 15.9. The van der Waals surface area contributed by atoms with Crippen molar-refractivity contribution in [3.63, 3.8) is 0 Å². The van der Waals surface area contributed by atoms with Crippen molar-refractivity contribution in [1.82, 2.24) is 40.5 Å². The van der Waals surface area contributed by atoms with E-state index >= 15 is 0 Å². The number of hydrogen-bond donors (Lipinski definition) is 4. The SMILES string of the molecule is CON=C(C(=O)N[C@]1(OC)C(=O)N2C(C(=O)[O-])=C(C(CCCCCNS(=O)(=O)[O-])Sc3nn[nH]n3)CS[C@H]21)c1csc(N)n1.[Na+].[Na+]. The molecule has 0 saturated carbocycles. The molecule has 2 amide bonds. The first-order chi connectivity index (χ1) is 20.9. The maximum absolute atomic E-state index is 13.6. The molecule has 1 fully saturated rings. The topological polar surface area (TPSA) is 283 Å². The number of carbonyl (C=O) groups is 3. The number of aliphatic carboxylic acids is 1. The van der Waals surface area contributed by atoms with Gasteiger partial charge >= 0.3 is 59.1 Å². The van der Waals surface area contributed by atoms with Gasteiger partial charge in [-0.05, 0) is 23.6 Å². The van der Waals surface area contributed by atoms with Crippen LogP contribution in [0.1, 0.15) is 31.4 Å². The van der Waals surface area contributed by atoms with Gasteiger partial charge in [-0.15, -0.1) is 33.3 Å². The number of H-pyrrole nitrogens is 1. The molecule has 2 aliphatic rings. The number of aromatic nitrogens is 5. The minimum absolute atomic E-state index is 0. The molecule has 0 bridgehead atoms. The molecule has 19 nitrogen and oxygen atoms in total. The standard InChI is InChI=1S/C21H28N10O9S4.2Na/c1-39-21(25-15(32)13(28-40-2)11-9-42-19(22)24-11)17(35)31-14(16(33)34)10(8-41-18(21)31)12(43-20-26-29-30-27-20)6-4-3-5-7-23-44(36,37)38;;/h9,12,18,23H,3-8H2,1-2H3,(H2,22,24)(H,25,32)(H,33,34)(H,36,37,38)(H,26,27,29,30);;/q;2*+1/p-2/t12?,18-,21-;;/m0../s1. The number of nitrogen functional groups attached to an aromatic ring is 1. The molecule has 0 aromatic carbocycles. The summed E-state index contributed by atoms with van der Waals surface area (Å²) in [7, 11) is -2.14. The molecule has 1 unspecified atom stereocenters. The van der Waals surface area contributed by atoms with Crippen molar-refractivity contribution >= 4 is 73.8 Å². The number of nitrogens with zero attached hydrogens (tertiary/aromatic N) is 6. The Morgan fingerprint density at radius 1 is 1.33 bits per heavy atom. The number of oxime groups is 1. The van der Waals surface area contributed by atoms with Crippen LogP contribution in [0.25, 0.3) is 0 Å². The number of rotatable bonds is 16. The van der Waals surface area contributed by atoms with E-state index in [2.05, 4.69) is 36.1 Å². The van der Waals surface area contributed by atoms with Crippen molar-refractivity contribution in [3.8, 4) is 0 Å². The summed E-state index contributed by atoms with van der Waals surface area (Å²) in [6, 6.07) is 0. The van der Waals surface area contributed by atoms with Gasteiger partial charge in [0.05, 0.1) is 11.7 Å². The zero-order valence-electron chi connectivity index (χ0n) is 25.0. The number of hydrogen-bond acceptors (Lipinski definition) is 18. The van der Waals surface area contributed by atoms with Crippen molar-refractivity contribution in [1.29, 1.82) is 0 Å². The second kappa shape index (κ2) is 17.9. The van der Waals surface area contributed by atoms with Crippen LogP contribution in [-0.2, 0) is 34.3 Å². The van der Waals surface area contributed by atoms with Gasteiger partial charge in [0.25, 0.3) is 17.5 Å². The number of carboxylic acid groups (broad SMARTS) is 1. The number of thioether (sulfide) groups is 2. The van der Waals surface area contributed by atoms with Crippen LogP contribution in [-0.4, -0.2) is 110 Å². The van der Waals surface area contributed by atoms with Crippen molar-refractivity contribution < 1.29 is 101 Å². The van der Waals surface area contributed by atoms with Gasteiger partial charge in [0, 0.05) is 30.0 Å². The molecule has 5 N–H and O–H groups in total. The van der Waals surface area contributed by atoms with Crippen LogP contribution in [0.15, 0.2) is 27.0 Å². The first-order valence-electron chi connectivity index (χ1n) is 12.6. The van der Waals surface area contributed by atoms with Gasteiger partial charge in [-0.3, -0.25) is 14.5 Å². The van der Waals surface area contributed by atoms with Crippen molar-refractivity contribution in [2.75, 3.05) is 32.3 Å². The number of nitrogens with two attached hydrogens (primary N) is 1. The van der Waals surface area contributed by atoms with E-state index in [0.29, 0.717) is 31.3 Å². The third-order valence-electron chi connectivity index (χ3n) is 6.42. The molecule has 240 valence electrons. The van der Waals surface area contributed by atoms with Gasteiger partial charge in [-0.1, -0.05) is 29.8 Å². The molecule has 0 spiro atoms. The summed E-state index contributed by atoms with van der Waals surface area (Å²) in [5, 5.41) is 32.8. The fourth-order valence-electron chi connectivity index (χ4n) is 4.52. The number of thiazole rings is 1. The molecule has 4 heterocycles. The van der Waals surface area contributed by atoms with Gasteiger partial charge in [0.15, 0.2) is 21.1 Å². The van der Waals surface area contributed by atoms with Crippen LogP contribution in [0.2, 0.25) is 0 Å². The predicted octanol–water partition coefficient (Wildman–Crippen LogP) is -8.25. The largest absolute Gasteiger partial charge is 1.00 e. The summed E-state index contributed by atoms with van der Waals surface area (Å²) in [6.45, 7) is -0.0429. The molecule has 2 aromatic heterocycles. The minimum Gasteiger partial charge on any atom is -0.735 e. The van der Waals surface area contributed by atoms with Crippen molar-refractivity contribution in [3.05, 3.63) is 22.3 Å². The van der Waals surface area contributed by atoms with Crippen LogP contribution >= 0.6 is 34.9 Å². The second-order valence-corrected chi connectivity index (χ2v) is 13.4. The molecule has 2 aromatic rings. The third-order valence-corrected chi connectivity index (χ3v) is 10.2. The fraction of sp³-hybridized carbons (Fsp3) is 0.524. The maximum atomic E-state index is 13.6. The summed E-state index contributed by atoms with van der Waals surface area (Å²) in [4.78, 5) is 49.2. The van der Waals surface area contributed by atoms with Crippen LogP contribution < -0.4 is 80.0 Å². The second-order valence-electron chi connectivity index (χ2n) is 9.09. The van der Waals surface area contributed by atoms with E-state index in [1.165, 1.54) is 19.6 Å². The Balaban J connectivity index is 0.00000368. The molecule has 25 heteroatoms. The van der Waals surface area contributed by atoms with Crippen molar-refractivity contribution in [2.45, 2.75) is 47.2 Å². The summed E-state index contributed by atoms with van der Waals surface area (Å²) in [5.41, 5.74) is 3.53. The Hall–Kier alpha value is -1.35. The number of tetrazole rings is 1. The minimum atomic E-state index is -4.55. The van der Waals surface area contributed by atoms with Gasteiger partial charge in [0.1, 0.15) is 18.2 Å². The predicted molar refractivity (Wildman–Crippen MR) is 153 cm³/mol. The van der Waals surface area contributed by atoms with Crippen LogP contribution in [0.5, 0.6) is 0 Å². The van der Waals surface area contributed by atoms with Gasteiger partial charge in [0.2, 0.25) is 5.16 Å². The van der Waals surface area contributed by atoms with Gasteiger partial charge < -0.3 is 35.1 Å². The average molecular weight is 737 g/mol. The summed E-state index contributed by atoms with van der Waals surface area (Å²) < 4.78 is 39.6. The Morgan fingerprint density at radius 2 is 2.07 bits per heavy atom. The zero-order valence-corrected chi connectivity index (χ0v) is 32.3. The number of aromatic amines is 1. The summed E-state index contributed by atoms with van der Waals surface area (Å²) in [6.07, 6.45) is 1.76. The van der Waals surface area contributed by atoms with E-state index in [1.54, 1.807) is 0 Å². The van der Waals surface area contributed by atoms with Crippen molar-refractivity contribution in [2.24, 2.45) is 5.16 Å². The first-order valence-corrected chi connectivity index (χ1v) is 16.8. The normalized spacial score (nSPS) is 20.2. The first kappa shape index (κ1) is 40.8. The number of methoxy groups -OCH3 is 1. The summed E-state index contributed by atoms with van der Waals surface area (Å²) in [5.74, 6) is -3.24. The molecule has 2 aliphatic heterocycles. The number of unbranched alkanes of at least 4 members (excludes halogenated alkanes) is 2. The molecule has 0 radical (unpaired) electrons. The smallest absolute Gasteiger partial charge is 0.735 e. The van der Waals surface area contributed by atoms with Crippen LogP contribution in [0, 0.1) is 0 Å². The number of β-lactam (4-membered cyclic amide) rings is 1. The Bertz CT molecular complexity index is 1560. The monoisotopic (exact) mass is 736 g/mol. The molecule has 3 atom stereocenters. The number of ether oxygens (including phenoxy) is 1. The Labute approximate surface area is 319 Å². The average Bonchev–Trinajstić information content (AvgIpc) is 3.65. The van der Waals surface area contributed by atoms with E-state index in [1.807, 2.05) is 4.72 Å². The molecule has 0 aliphatic carbocycles. The van der Waals surface area contributed by atoms with Gasteiger partial charge in [-0.2, -0.15) is 5.21 Å². The number of carbonyl (C=O) groups excluding carboxylic acids is 3.